The number of nitrogen functional groups attached to an aromatic ring is 1. The Morgan fingerprint density at radius 2 is 1.57 bits per heavy atom. The molecule has 0 heterocycles. The number of nitro benzene ring substituents is 1. The molecule has 2 amide bonds. The molecule has 35 heavy (non-hydrogen) atoms. The van der Waals surface area contributed by atoms with Crippen molar-refractivity contribution >= 4 is 34.6 Å². The topological polar surface area (TPSA) is 198 Å². The lowest BCUT2D eigenvalue weighted by atomic mass is 10.1. The Hall–Kier alpha value is -4.48. The quantitative estimate of drug-likeness (QED) is 0.0875. The first-order valence-corrected chi connectivity index (χ1v) is 10.8. The predicted molar refractivity (Wildman–Crippen MR) is 134 cm³/mol. The maximum absolute atomic E-state index is 11.6. The number of rotatable bonds is 14. The molecule has 0 atom stereocenters. The second-order valence-electron chi connectivity index (χ2n) is 7.43. The van der Waals surface area contributed by atoms with Gasteiger partial charge in [-0.2, -0.15) is 0 Å². The van der Waals surface area contributed by atoms with E-state index < -0.39 is 16.7 Å². The van der Waals surface area contributed by atoms with Gasteiger partial charge in [0.15, 0.2) is 5.69 Å². The van der Waals surface area contributed by atoms with Crippen LogP contribution in [-0.2, 0) is 0 Å². The zero-order valence-electron chi connectivity index (χ0n) is 19.6. The van der Waals surface area contributed by atoms with Gasteiger partial charge in [0.25, 0.3) is 5.69 Å². The van der Waals surface area contributed by atoms with Crippen LogP contribution < -0.4 is 37.3 Å². The largest absolute Gasteiger partial charge is 0.494 e. The van der Waals surface area contributed by atoms with Crippen molar-refractivity contribution in [1.82, 2.24) is 0 Å². The maximum Gasteiger partial charge on any atom is 0.296 e. The third-order valence-electron chi connectivity index (χ3n) is 4.92. The molecule has 2 aromatic carbocycles. The number of nitrogens with zero attached hydrogens (tertiary/aromatic N) is 1. The fourth-order valence-corrected chi connectivity index (χ4v) is 3.12. The van der Waals surface area contributed by atoms with Crippen molar-refractivity contribution in [2.24, 2.45) is 11.5 Å². The molecule has 0 aromatic heterocycles. The highest BCUT2D eigenvalue weighted by molar-refractivity contribution is 5.96. The molecular formula is C23H30N6O6. The van der Waals surface area contributed by atoms with Gasteiger partial charge >= 0.3 is 0 Å². The molecule has 0 saturated carbocycles. The molecular weight excluding hydrogens is 456 g/mol. The van der Waals surface area contributed by atoms with Crippen LogP contribution in [0.2, 0.25) is 0 Å². The summed E-state index contributed by atoms with van der Waals surface area (Å²) < 4.78 is 11.0. The van der Waals surface area contributed by atoms with Crippen LogP contribution >= 0.6 is 0 Å². The van der Waals surface area contributed by atoms with Crippen LogP contribution in [-0.4, -0.2) is 43.5 Å². The van der Waals surface area contributed by atoms with Gasteiger partial charge in [0.1, 0.15) is 17.2 Å². The van der Waals surface area contributed by atoms with E-state index in [9.17, 15) is 19.7 Å². The number of primary amides is 2. The van der Waals surface area contributed by atoms with Gasteiger partial charge in [-0.05, 0) is 24.6 Å². The minimum absolute atomic E-state index is 0.0117. The lowest BCUT2D eigenvalue weighted by Gasteiger charge is -2.14. The summed E-state index contributed by atoms with van der Waals surface area (Å²) in [5.74, 6) is -0.863. The van der Waals surface area contributed by atoms with E-state index >= 15 is 0 Å². The van der Waals surface area contributed by atoms with Crippen LogP contribution in [0.5, 0.6) is 11.5 Å². The van der Waals surface area contributed by atoms with E-state index in [1.807, 2.05) is 6.92 Å². The minimum Gasteiger partial charge on any atom is -0.494 e. The Balaban J connectivity index is 2.12. The SMILES string of the molecule is CCCCOc1cc(C(N)=O)cc([N+](=O)[O-])c1NC/C=C/CNc1c(N)cc(C(N)=O)cc1OC. The average molecular weight is 487 g/mol. The van der Waals surface area contributed by atoms with Gasteiger partial charge in [0, 0.05) is 30.3 Å². The monoisotopic (exact) mass is 486 g/mol. The number of amides is 2. The summed E-state index contributed by atoms with van der Waals surface area (Å²) in [7, 11) is 1.45. The zero-order valence-corrected chi connectivity index (χ0v) is 19.6. The molecule has 0 radical (unpaired) electrons. The molecule has 0 aliphatic heterocycles. The van der Waals surface area contributed by atoms with Crippen LogP contribution in [0.1, 0.15) is 40.5 Å². The van der Waals surface area contributed by atoms with Gasteiger partial charge in [-0.1, -0.05) is 25.5 Å². The van der Waals surface area contributed by atoms with Gasteiger partial charge < -0.3 is 37.3 Å². The Morgan fingerprint density at radius 1 is 1.00 bits per heavy atom. The standard InChI is InChI=1S/C23H30N6O6/c1-3-4-9-35-19-13-15(23(26)31)11-17(29(32)33)21(19)28-8-6-5-7-27-20-16(24)10-14(22(25)30)12-18(20)34-2/h5-6,10-13,27-28H,3-4,7-9,24H2,1-2H3,(H2,25,30)(H2,26,31)/b6-5+. The number of benzene rings is 2. The molecule has 0 saturated heterocycles. The molecule has 12 heteroatoms. The van der Waals surface area contributed by atoms with Crippen molar-refractivity contribution in [3.05, 3.63) is 57.7 Å². The normalized spacial score (nSPS) is 10.7. The van der Waals surface area contributed by atoms with Crippen LogP contribution in [0.15, 0.2) is 36.4 Å². The van der Waals surface area contributed by atoms with Crippen molar-refractivity contribution in [2.45, 2.75) is 19.8 Å². The Labute approximate surface area is 202 Å². The second-order valence-corrected chi connectivity index (χ2v) is 7.43. The van der Waals surface area contributed by atoms with Crippen LogP contribution in [0.3, 0.4) is 0 Å². The maximum atomic E-state index is 11.6. The fourth-order valence-electron chi connectivity index (χ4n) is 3.12. The summed E-state index contributed by atoms with van der Waals surface area (Å²) in [5, 5.41) is 17.7. The molecule has 2 aromatic rings. The highest BCUT2D eigenvalue weighted by atomic mass is 16.6. The number of nitro groups is 1. The number of hydrogen-bond acceptors (Lipinski definition) is 9. The van der Waals surface area contributed by atoms with E-state index in [1.165, 1.54) is 25.3 Å². The molecule has 188 valence electrons. The van der Waals surface area contributed by atoms with E-state index in [4.69, 9.17) is 26.7 Å². The van der Waals surface area contributed by atoms with Crippen LogP contribution in [0, 0.1) is 10.1 Å². The Morgan fingerprint density at radius 3 is 2.11 bits per heavy atom. The summed E-state index contributed by atoms with van der Waals surface area (Å²) in [6.45, 7) is 2.90. The third-order valence-corrected chi connectivity index (χ3v) is 4.92. The highest BCUT2D eigenvalue weighted by Gasteiger charge is 2.22. The minimum atomic E-state index is -0.787. The van der Waals surface area contributed by atoms with Crippen molar-refractivity contribution in [3.8, 4) is 11.5 Å². The number of ether oxygens (including phenoxy) is 2. The highest BCUT2D eigenvalue weighted by Crippen LogP contribution is 2.36. The lowest BCUT2D eigenvalue weighted by Crippen LogP contribution is -2.14. The van der Waals surface area contributed by atoms with E-state index in [0.717, 1.165) is 18.9 Å². The fraction of sp³-hybridized carbons (Fsp3) is 0.304. The van der Waals surface area contributed by atoms with Crippen molar-refractivity contribution in [2.75, 3.05) is 43.2 Å². The summed E-state index contributed by atoms with van der Waals surface area (Å²) in [6.07, 6.45) is 5.13. The summed E-state index contributed by atoms with van der Waals surface area (Å²) in [5.41, 5.74) is 17.5. The van der Waals surface area contributed by atoms with Crippen molar-refractivity contribution in [1.29, 1.82) is 0 Å². The number of carbonyl (C=O) groups excluding carboxylic acids is 2. The first-order valence-electron chi connectivity index (χ1n) is 10.8. The Bertz CT molecular complexity index is 1120. The summed E-state index contributed by atoms with van der Waals surface area (Å²) >= 11 is 0. The molecule has 0 bridgehead atoms. The molecule has 8 N–H and O–H groups in total. The molecule has 2 rings (SSSR count). The first-order chi connectivity index (χ1) is 16.7. The first kappa shape index (κ1) is 26.8. The molecule has 0 aliphatic carbocycles. The summed E-state index contributed by atoms with van der Waals surface area (Å²) in [4.78, 5) is 34.0. The smallest absolute Gasteiger partial charge is 0.296 e. The van der Waals surface area contributed by atoms with Gasteiger partial charge in [0.05, 0.1) is 24.3 Å². The number of hydrogen-bond donors (Lipinski definition) is 5. The number of methoxy groups -OCH3 is 1. The second kappa shape index (κ2) is 12.7. The number of nitrogens with one attached hydrogen (secondary N) is 2. The number of carbonyl (C=O) groups is 2. The molecule has 12 nitrogen and oxygen atoms in total. The molecule has 0 spiro atoms. The average Bonchev–Trinajstić information content (AvgIpc) is 2.81. The number of nitrogens with two attached hydrogens (primary N) is 3. The Kier molecular flexibility index (Phi) is 9.70. The number of anilines is 3. The van der Waals surface area contributed by atoms with Crippen molar-refractivity contribution in [3.63, 3.8) is 0 Å². The van der Waals surface area contributed by atoms with Gasteiger partial charge in [-0.25, -0.2) is 0 Å². The van der Waals surface area contributed by atoms with Gasteiger partial charge in [-0.3, -0.25) is 19.7 Å². The van der Waals surface area contributed by atoms with Crippen LogP contribution in [0.4, 0.5) is 22.7 Å². The molecule has 0 fully saturated rings. The lowest BCUT2D eigenvalue weighted by molar-refractivity contribution is -0.384. The molecule has 0 unspecified atom stereocenters. The zero-order chi connectivity index (χ0) is 26.0. The van der Waals surface area contributed by atoms with Gasteiger partial charge in [0.2, 0.25) is 11.8 Å². The van der Waals surface area contributed by atoms with E-state index in [1.54, 1.807) is 12.2 Å². The van der Waals surface area contributed by atoms with E-state index in [0.29, 0.717) is 30.3 Å². The molecule has 0 aliphatic rings. The predicted octanol–water partition coefficient (Wildman–Crippen LogP) is 2.64. The van der Waals surface area contributed by atoms with Crippen LogP contribution in [0.25, 0.3) is 0 Å². The number of unbranched alkanes of at least 4 members (excludes halogenated alkanes) is 1. The van der Waals surface area contributed by atoms with E-state index in [2.05, 4.69) is 10.6 Å². The van der Waals surface area contributed by atoms with Gasteiger partial charge in [-0.15, -0.1) is 0 Å². The van der Waals surface area contributed by atoms with E-state index in [-0.39, 0.29) is 34.8 Å². The third kappa shape index (κ3) is 7.25. The summed E-state index contributed by atoms with van der Waals surface area (Å²) in [6, 6.07) is 5.45. The van der Waals surface area contributed by atoms with Crippen molar-refractivity contribution < 1.29 is 24.0 Å².